The number of imidazole rings is 1. The molecule has 1 saturated heterocycles. The van der Waals surface area contributed by atoms with Gasteiger partial charge in [0, 0.05) is 30.9 Å². The summed E-state index contributed by atoms with van der Waals surface area (Å²) in [5.41, 5.74) is 1.72. The SMILES string of the molecule is CCN1CCC(Cn2ccnc2-c2ccc3cccc(Cl)c3n2)C1. The van der Waals surface area contributed by atoms with Crippen molar-refractivity contribution in [2.24, 2.45) is 5.92 Å². The Bertz CT molecular complexity index is 857. The number of pyridine rings is 1. The summed E-state index contributed by atoms with van der Waals surface area (Å²) in [4.78, 5) is 11.8. The smallest absolute Gasteiger partial charge is 0.158 e. The zero-order valence-corrected chi connectivity index (χ0v) is 14.6. The summed E-state index contributed by atoms with van der Waals surface area (Å²) in [5, 5.41) is 1.74. The van der Waals surface area contributed by atoms with E-state index >= 15 is 0 Å². The van der Waals surface area contributed by atoms with Crippen molar-refractivity contribution < 1.29 is 0 Å². The number of fused-ring (bicyclic) bond motifs is 1. The number of nitrogens with zero attached hydrogens (tertiary/aromatic N) is 4. The zero-order chi connectivity index (χ0) is 16.5. The van der Waals surface area contributed by atoms with E-state index in [1.807, 2.05) is 30.5 Å². The van der Waals surface area contributed by atoms with E-state index in [1.165, 1.54) is 19.5 Å². The normalized spacial score (nSPS) is 18.5. The molecule has 0 N–H and O–H groups in total. The molecule has 1 aliphatic heterocycles. The van der Waals surface area contributed by atoms with Crippen LogP contribution in [0.4, 0.5) is 0 Å². The predicted octanol–water partition coefficient (Wildman–Crippen LogP) is 4.09. The van der Waals surface area contributed by atoms with Crippen molar-refractivity contribution in [2.45, 2.75) is 19.9 Å². The molecule has 124 valence electrons. The Hall–Kier alpha value is -1.91. The Morgan fingerprint density at radius 3 is 3.00 bits per heavy atom. The van der Waals surface area contributed by atoms with Gasteiger partial charge in [-0.15, -0.1) is 0 Å². The van der Waals surface area contributed by atoms with E-state index in [4.69, 9.17) is 16.6 Å². The van der Waals surface area contributed by atoms with E-state index < -0.39 is 0 Å². The minimum absolute atomic E-state index is 0.682. The van der Waals surface area contributed by atoms with Crippen molar-refractivity contribution in [3.63, 3.8) is 0 Å². The number of hydrogen-bond acceptors (Lipinski definition) is 3. The van der Waals surface area contributed by atoms with Crippen LogP contribution in [0, 0.1) is 5.92 Å². The van der Waals surface area contributed by atoms with Gasteiger partial charge < -0.3 is 9.47 Å². The van der Waals surface area contributed by atoms with Crippen LogP contribution >= 0.6 is 11.6 Å². The lowest BCUT2D eigenvalue weighted by atomic mass is 10.1. The molecular weight excluding hydrogens is 320 g/mol. The third-order valence-corrected chi connectivity index (χ3v) is 5.19. The van der Waals surface area contributed by atoms with Gasteiger partial charge in [-0.2, -0.15) is 0 Å². The van der Waals surface area contributed by atoms with Crippen molar-refractivity contribution in [1.29, 1.82) is 0 Å². The largest absolute Gasteiger partial charge is 0.329 e. The highest BCUT2D eigenvalue weighted by molar-refractivity contribution is 6.35. The lowest BCUT2D eigenvalue weighted by Crippen LogP contribution is -2.21. The highest BCUT2D eigenvalue weighted by Crippen LogP contribution is 2.26. The van der Waals surface area contributed by atoms with Gasteiger partial charge in [-0.05, 0) is 37.6 Å². The van der Waals surface area contributed by atoms with Crippen molar-refractivity contribution >= 4 is 22.5 Å². The standard InChI is InChI=1S/C19H21ClN4/c1-2-23-10-8-14(12-23)13-24-11-9-21-19(24)17-7-6-15-4-3-5-16(20)18(15)22-17/h3-7,9,11,14H,2,8,10,12-13H2,1H3. The molecular formula is C19H21ClN4. The van der Waals surface area contributed by atoms with E-state index in [0.717, 1.165) is 35.5 Å². The maximum absolute atomic E-state index is 6.30. The first-order chi connectivity index (χ1) is 11.7. The molecule has 0 aliphatic carbocycles. The molecule has 3 heterocycles. The Morgan fingerprint density at radius 1 is 1.25 bits per heavy atom. The third-order valence-electron chi connectivity index (χ3n) is 4.89. The number of hydrogen-bond donors (Lipinski definition) is 0. The van der Waals surface area contributed by atoms with Crippen LogP contribution in [0.2, 0.25) is 5.02 Å². The molecule has 3 aromatic rings. The topological polar surface area (TPSA) is 34.0 Å². The molecule has 0 bridgehead atoms. The second-order valence-electron chi connectivity index (χ2n) is 6.46. The van der Waals surface area contributed by atoms with Crippen molar-refractivity contribution in [2.75, 3.05) is 19.6 Å². The predicted molar refractivity (Wildman–Crippen MR) is 98.2 cm³/mol. The van der Waals surface area contributed by atoms with Gasteiger partial charge in [0.1, 0.15) is 5.69 Å². The van der Waals surface area contributed by atoms with Crippen LogP contribution in [-0.4, -0.2) is 39.1 Å². The molecule has 1 aliphatic rings. The molecule has 0 spiro atoms. The number of halogens is 1. The molecule has 0 radical (unpaired) electrons. The van der Waals surface area contributed by atoms with E-state index in [9.17, 15) is 0 Å². The average molecular weight is 341 g/mol. The fourth-order valence-corrected chi connectivity index (χ4v) is 3.78. The fraction of sp³-hybridized carbons (Fsp3) is 0.368. The Balaban J connectivity index is 1.64. The number of para-hydroxylation sites is 1. The summed E-state index contributed by atoms with van der Waals surface area (Å²) in [5.74, 6) is 1.61. The number of benzene rings is 1. The van der Waals surface area contributed by atoms with Crippen molar-refractivity contribution in [3.05, 3.63) is 47.7 Å². The van der Waals surface area contributed by atoms with Crippen LogP contribution in [0.1, 0.15) is 13.3 Å². The van der Waals surface area contributed by atoms with Gasteiger partial charge in [0.15, 0.2) is 5.82 Å². The summed E-state index contributed by atoms with van der Waals surface area (Å²) >= 11 is 6.30. The molecule has 4 rings (SSSR count). The second kappa shape index (κ2) is 6.54. The maximum atomic E-state index is 6.30. The van der Waals surface area contributed by atoms with Gasteiger partial charge in [0.05, 0.1) is 10.5 Å². The van der Waals surface area contributed by atoms with Crippen LogP contribution < -0.4 is 0 Å². The van der Waals surface area contributed by atoms with E-state index in [0.29, 0.717) is 10.9 Å². The summed E-state index contributed by atoms with van der Waals surface area (Å²) in [6.07, 6.45) is 5.17. The van der Waals surface area contributed by atoms with E-state index in [1.54, 1.807) is 0 Å². The van der Waals surface area contributed by atoms with Crippen LogP contribution in [0.15, 0.2) is 42.7 Å². The molecule has 24 heavy (non-hydrogen) atoms. The Morgan fingerprint density at radius 2 is 2.17 bits per heavy atom. The minimum Gasteiger partial charge on any atom is -0.329 e. The summed E-state index contributed by atoms with van der Waals surface area (Å²) in [7, 11) is 0. The Labute approximate surface area is 147 Å². The molecule has 0 amide bonds. The lowest BCUT2D eigenvalue weighted by molar-refractivity contribution is 0.333. The molecule has 1 aromatic carbocycles. The van der Waals surface area contributed by atoms with Crippen LogP contribution in [0.25, 0.3) is 22.4 Å². The number of aromatic nitrogens is 3. The molecule has 1 atom stereocenters. The highest BCUT2D eigenvalue weighted by Gasteiger charge is 2.22. The van der Waals surface area contributed by atoms with Crippen molar-refractivity contribution in [3.8, 4) is 11.5 Å². The molecule has 1 unspecified atom stereocenters. The van der Waals surface area contributed by atoms with Gasteiger partial charge >= 0.3 is 0 Å². The average Bonchev–Trinajstić information content (AvgIpc) is 3.25. The first kappa shape index (κ1) is 15.6. The van der Waals surface area contributed by atoms with Gasteiger partial charge in [-0.3, -0.25) is 0 Å². The molecule has 5 heteroatoms. The fourth-order valence-electron chi connectivity index (χ4n) is 3.55. The second-order valence-corrected chi connectivity index (χ2v) is 6.87. The summed E-state index contributed by atoms with van der Waals surface area (Å²) in [6.45, 7) is 6.74. The van der Waals surface area contributed by atoms with Gasteiger partial charge in [0.2, 0.25) is 0 Å². The zero-order valence-electron chi connectivity index (χ0n) is 13.8. The lowest BCUT2D eigenvalue weighted by Gasteiger charge is -2.15. The van der Waals surface area contributed by atoms with E-state index in [-0.39, 0.29) is 0 Å². The summed E-state index contributed by atoms with van der Waals surface area (Å²) in [6, 6.07) is 9.96. The summed E-state index contributed by atoms with van der Waals surface area (Å²) < 4.78 is 2.23. The first-order valence-corrected chi connectivity index (χ1v) is 8.91. The maximum Gasteiger partial charge on any atom is 0.158 e. The van der Waals surface area contributed by atoms with Gasteiger partial charge in [0.25, 0.3) is 0 Å². The van der Waals surface area contributed by atoms with Crippen LogP contribution in [-0.2, 0) is 6.54 Å². The first-order valence-electron chi connectivity index (χ1n) is 8.53. The quantitative estimate of drug-likeness (QED) is 0.717. The molecule has 0 saturated carbocycles. The van der Waals surface area contributed by atoms with Crippen LogP contribution in [0.3, 0.4) is 0 Å². The minimum atomic E-state index is 0.682. The molecule has 4 nitrogen and oxygen atoms in total. The van der Waals surface area contributed by atoms with Gasteiger partial charge in [-0.1, -0.05) is 36.7 Å². The third kappa shape index (κ3) is 2.92. The number of likely N-dealkylation sites (tertiary alicyclic amines) is 1. The Kier molecular flexibility index (Phi) is 4.25. The number of rotatable bonds is 4. The van der Waals surface area contributed by atoms with Crippen molar-refractivity contribution in [1.82, 2.24) is 19.4 Å². The monoisotopic (exact) mass is 340 g/mol. The highest BCUT2D eigenvalue weighted by atomic mass is 35.5. The van der Waals surface area contributed by atoms with E-state index in [2.05, 4.69) is 33.6 Å². The van der Waals surface area contributed by atoms with Gasteiger partial charge in [-0.25, -0.2) is 9.97 Å². The molecule has 2 aromatic heterocycles. The van der Waals surface area contributed by atoms with Crippen LogP contribution in [0.5, 0.6) is 0 Å². The molecule has 1 fully saturated rings.